The van der Waals surface area contributed by atoms with E-state index < -0.39 is 0 Å². The summed E-state index contributed by atoms with van der Waals surface area (Å²) >= 11 is 0. The van der Waals surface area contributed by atoms with Gasteiger partial charge < -0.3 is 9.84 Å². The number of aromatic nitrogens is 2. The molecule has 1 spiro atoms. The summed E-state index contributed by atoms with van der Waals surface area (Å²) in [6.07, 6.45) is 9.90. The van der Waals surface area contributed by atoms with Crippen LogP contribution < -0.4 is 0 Å². The molecule has 4 heteroatoms. The molecule has 27 heavy (non-hydrogen) atoms. The standard InChI is InChI=1S/C23H30N2O2/c1-2-25-22-10-11-23(12-14-27-15-13-23)17-20(22)21(24-25)9-8-19(26)16-18-6-4-3-5-7-18/h3-7,10-11,19,26H,2,8-9,12-17H2,1H3. The van der Waals surface area contributed by atoms with Crippen molar-refractivity contribution in [2.24, 2.45) is 5.41 Å². The van der Waals surface area contributed by atoms with Crippen LogP contribution in [0.5, 0.6) is 0 Å². The number of hydrogen-bond acceptors (Lipinski definition) is 3. The van der Waals surface area contributed by atoms with Gasteiger partial charge in [0.05, 0.1) is 17.5 Å². The molecule has 1 aromatic heterocycles. The van der Waals surface area contributed by atoms with Crippen molar-refractivity contribution >= 4 is 6.08 Å². The zero-order valence-corrected chi connectivity index (χ0v) is 16.2. The lowest BCUT2D eigenvalue weighted by Gasteiger charge is -2.37. The number of fused-ring (bicyclic) bond motifs is 1. The third kappa shape index (κ3) is 4.02. The molecule has 2 heterocycles. The molecule has 4 rings (SSSR count). The number of hydrogen-bond donors (Lipinski definition) is 1. The molecule has 0 amide bonds. The summed E-state index contributed by atoms with van der Waals surface area (Å²) in [5.74, 6) is 0. The van der Waals surface area contributed by atoms with Crippen LogP contribution in [-0.4, -0.2) is 34.2 Å². The minimum atomic E-state index is -0.328. The monoisotopic (exact) mass is 366 g/mol. The summed E-state index contributed by atoms with van der Waals surface area (Å²) in [6.45, 7) is 4.74. The van der Waals surface area contributed by atoms with Crippen molar-refractivity contribution in [2.45, 2.75) is 58.1 Å². The highest BCUT2D eigenvalue weighted by Gasteiger charge is 2.35. The Morgan fingerprint density at radius 2 is 2.00 bits per heavy atom. The molecular weight excluding hydrogens is 336 g/mol. The van der Waals surface area contributed by atoms with Crippen LogP contribution in [0.2, 0.25) is 0 Å². The normalized spacial score (nSPS) is 19.2. The van der Waals surface area contributed by atoms with Crippen LogP contribution in [0, 0.1) is 5.41 Å². The van der Waals surface area contributed by atoms with Crippen LogP contribution in [0.3, 0.4) is 0 Å². The molecule has 4 nitrogen and oxygen atoms in total. The van der Waals surface area contributed by atoms with Crippen molar-refractivity contribution in [3.63, 3.8) is 0 Å². The Balaban J connectivity index is 1.47. The molecule has 2 aromatic rings. The van der Waals surface area contributed by atoms with Crippen LogP contribution in [-0.2, 0) is 30.5 Å². The molecule has 1 fully saturated rings. The highest BCUT2D eigenvalue weighted by molar-refractivity contribution is 5.56. The Morgan fingerprint density at radius 1 is 1.22 bits per heavy atom. The number of ether oxygens (including phenoxy) is 1. The van der Waals surface area contributed by atoms with Crippen molar-refractivity contribution < 1.29 is 9.84 Å². The summed E-state index contributed by atoms with van der Waals surface area (Å²) in [6, 6.07) is 10.2. The Hall–Kier alpha value is -1.91. The van der Waals surface area contributed by atoms with E-state index in [-0.39, 0.29) is 11.5 Å². The average molecular weight is 367 g/mol. The first-order valence-corrected chi connectivity index (χ1v) is 10.3. The number of aryl methyl sites for hydroxylation is 2. The fourth-order valence-electron chi connectivity index (χ4n) is 4.46. The zero-order valence-electron chi connectivity index (χ0n) is 16.2. The number of aliphatic hydroxyl groups excluding tert-OH is 1. The fraction of sp³-hybridized carbons (Fsp3) is 0.522. The molecule has 0 bridgehead atoms. The molecule has 1 atom stereocenters. The average Bonchev–Trinajstić information content (AvgIpc) is 3.04. The number of benzene rings is 1. The van der Waals surface area contributed by atoms with E-state index in [2.05, 4.69) is 35.9 Å². The molecule has 144 valence electrons. The van der Waals surface area contributed by atoms with Gasteiger partial charge in [0.1, 0.15) is 0 Å². The first-order valence-electron chi connectivity index (χ1n) is 10.3. The van der Waals surface area contributed by atoms with Gasteiger partial charge in [0.2, 0.25) is 0 Å². The highest BCUT2D eigenvalue weighted by Crippen LogP contribution is 2.41. The van der Waals surface area contributed by atoms with Crippen LogP contribution in [0.1, 0.15) is 48.7 Å². The van der Waals surface area contributed by atoms with E-state index in [1.54, 1.807) is 0 Å². The van der Waals surface area contributed by atoms with E-state index in [0.29, 0.717) is 6.42 Å². The third-order valence-corrected chi connectivity index (χ3v) is 6.12. The quantitative estimate of drug-likeness (QED) is 0.846. The van der Waals surface area contributed by atoms with Crippen molar-refractivity contribution in [3.05, 3.63) is 58.9 Å². The lowest BCUT2D eigenvalue weighted by Crippen LogP contribution is -2.31. The van der Waals surface area contributed by atoms with Crippen molar-refractivity contribution in [1.82, 2.24) is 9.78 Å². The first kappa shape index (κ1) is 18.5. The van der Waals surface area contributed by atoms with Crippen LogP contribution in [0.15, 0.2) is 36.4 Å². The molecule has 1 aromatic carbocycles. The first-order chi connectivity index (χ1) is 13.2. The predicted octanol–water partition coefficient (Wildman–Crippen LogP) is 3.81. The minimum Gasteiger partial charge on any atom is -0.393 e. The van der Waals surface area contributed by atoms with Gasteiger partial charge in [0.25, 0.3) is 0 Å². The van der Waals surface area contributed by atoms with Gasteiger partial charge in [-0.1, -0.05) is 36.4 Å². The molecule has 1 aliphatic heterocycles. The maximum atomic E-state index is 10.5. The van der Waals surface area contributed by atoms with Gasteiger partial charge in [0.15, 0.2) is 0 Å². The van der Waals surface area contributed by atoms with Gasteiger partial charge in [-0.05, 0) is 62.5 Å². The summed E-state index contributed by atoms with van der Waals surface area (Å²) in [7, 11) is 0. The Kier molecular flexibility index (Phi) is 5.46. The summed E-state index contributed by atoms with van der Waals surface area (Å²) < 4.78 is 7.71. The lowest BCUT2D eigenvalue weighted by molar-refractivity contribution is 0.0371. The maximum absolute atomic E-state index is 10.5. The predicted molar refractivity (Wildman–Crippen MR) is 108 cm³/mol. The number of nitrogens with zero attached hydrogens (tertiary/aromatic N) is 2. The van der Waals surface area contributed by atoms with Gasteiger partial charge in [-0.15, -0.1) is 0 Å². The van der Waals surface area contributed by atoms with Gasteiger partial charge >= 0.3 is 0 Å². The van der Waals surface area contributed by atoms with Gasteiger partial charge in [-0.3, -0.25) is 4.68 Å². The van der Waals surface area contributed by atoms with E-state index in [1.807, 2.05) is 18.2 Å². The van der Waals surface area contributed by atoms with E-state index >= 15 is 0 Å². The lowest BCUT2D eigenvalue weighted by atomic mass is 9.72. The second-order valence-electron chi connectivity index (χ2n) is 7.99. The molecule has 1 aliphatic carbocycles. The largest absolute Gasteiger partial charge is 0.393 e. The van der Waals surface area contributed by atoms with E-state index in [4.69, 9.17) is 9.84 Å². The van der Waals surface area contributed by atoms with E-state index in [9.17, 15) is 5.11 Å². The van der Waals surface area contributed by atoms with E-state index in [0.717, 1.165) is 51.9 Å². The second-order valence-corrected chi connectivity index (χ2v) is 7.99. The number of rotatable bonds is 6. The topological polar surface area (TPSA) is 47.3 Å². The molecule has 0 radical (unpaired) electrons. The Labute approximate surface area is 161 Å². The zero-order chi connectivity index (χ0) is 18.7. The highest BCUT2D eigenvalue weighted by atomic mass is 16.5. The van der Waals surface area contributed by atoms with Crippen LogP contribution >= 0.6 is 0 Å². The van der Waals surface area contributed by atoms with Crippen LogP contribution in [0.25, 0.3) is 6.08 Å². The summed E-state index contributed by atoms with van der Waals surface area (Å²) in [4.78, 5) is 0. The molecule has 1 saturated heterocycles. The Morgan fingerprint density at radius 3 is 2.74 bits per heavy atom. The van der Waals surface area contributed by atoms with Gasteiger partial charge in [0, 0.05) is 25.3 Å². The maximum Gasteiger partial charge on any atom is 0.0664 e. The van der Waals surface area contributed by atoms with Crippen molar-refractivity contribution in [2.75, 3.05) is 13.2 Å². The Bertz CT molecular complexity index is 788. The van der Waals surface area contributed by atoms with Gasteiger partial charge in [-0.2, -0.15) is 5.10 Å². The molecule has 1 N–H and O–H groups in total. The molecule has 1 unspecified atom stereocenters. The fourth-order valence-corrected chi connectivity index (χ4v) is 4.46. The van der Waals surface area contributed by atoms with Crippen LogP contribution in [0.4, 0.5) is 0 Å². The third-order valence-electron chi connectivity index (χ3n) is 6.12. The number of allylic oxidation sites excluding steroid dienone is 1. The minimum absolute atomic E-state index is 0.240. The number of aliphatic hydroxyl groups is 1. The second kappa shape index (κ2) is 7.99. The SMILES string of the molecule is CCn1nc(CCC(O)Cc2ccccc2)c2c1C=CC1(CCOCC1)C2. The van der Waals surface area contributed by atoms with Gasteiger partial charge in [-0.25, -0.2) is 0 Å². The van der Waals surface area contributed by atoms with Crippen molar-refractivity contribution in [3.8, 4) is 0 Å². The summed E-state index contributed by atoms with van der Waals surface area (Å²) in [5.41, 5.74) is 5.27. The molecule has 2 aliphatic rings. The summed E-state index contributed by atoms with van der Waals surface area (Å²) in [5, 5.41) is 15.4. The molecular formula is C23H30N2O2. The van der Waals surface area contributed by atoms with Crippen molar-refractivity contribution in [1.29, 1.82) is 0 Å². The van der Waals surface area contributed by atoms with E-state index in [1.165, 1.54) is 22.5 Å². The molecule has 0 saturated carbocycles. The smallest absolute Gasteiger partial charge is 0.0664 e.